The van der Waals surface area contributed by atoms with Crippen LogP contribution in [-0.4, -0.2) is 49.3 Å². The van der Waals surface area contributed by atoms with E-state index in [1.165, 1.54) is 161 Å². The summed E-state index contributed by atoms with van der Waals surface area (Å²) in [6, 6.07) is 0. The number of rotatable bonds is 47. The molecule has 9 nitrogen and oxygen atoms in total. The molecule has 10 heteroatoms. The second-order valence-electron chi connectivity index (χ2n) is 16.7. The Bertz CT molecular complexity index is 1020. The number of nitrogens with two attached hydrogens (primary N) is 1. The average molecular weight is 856 g/mol. The first-order chi connectivity index (χ1) is 28.8. The molecule has 2 atom stereocenters. The average Bonchev–Trinajstić information content (AvgIpc) is 3.22. The van der Waals surface area contributed by atoms with Crippen molar-refractivity contribution in [2.45, 2.75) is 251 Å². The molecule has 0 heterocycles. The maximum atomic E-state index is 12.6. The predicted molar refractivity (Wildman–Crippen MR) is 247 cm³/mol. The fourth-order valence-electron chi connectivity index (χ4n) is 7.10. The second-order valence-corrected chi connectivity index (χ2v) is 18.1. The first kappa shape index (κ1) is 57.5. The highest BCUT2D eigenvalue weighted by atomic mass is 31.2. The zero-order valence-corrected chi connectivity index (χ0v) is 39.4. The molecule has 0 aromatic carbocycles. The number of phosphoric ester groups is 1. The number of hydrogen-bond donors (Lipinski definition) is 2. The molecular weight excluding hydrogens is 762 g/mol. The summed E-state index contributed by atoms with van der Waals surface area (Å²) in [5, 5.41) is 0. The van der Waals surface area contributed by atoms with Crippen molar-refractivity contribution in [3.63, 3.8) is 0 Å². The van der Waals surface area contributed by atoms with Gasteiger partial charge in [-0.2, -0.15) is 0 Å². The summed E-state index contributed by atoms with van der Waals surface area (Å²) < 4.78 is 32.9. The molecule has 0 aromatic heterocycles. The second kappa shape index (κ2) is 46.0. The van der Waals surface area contributed by atoms with Crippen LogP contribution in [0.4, 0.5) is 0 Å². The van der Waals surface area contributed by atoms with Crippen molar-refractivity contribution in [1.29, 1.82) is 0 Å². The third-order valence-electron chi connectivity index (χ3n) is 10.8. The lowest BCUT2D eigenvalue weighted by atomic mass is 10.0. The summed E-state index contributed by atoms with van der Waals surface area (Å²) in [5.41, 5.74) is 5.36. The van der Waals surface area contributed by atoms with E-state index in [0.717, 1.165) is 51.4 Å². The van der Waals surface area contributed by atoms with Gasteiger partial charge in [0.2, 0.25) is 0 Å². The van der Waals surface area contributed by atoms with E-state index in [0.29, 0.717) is 6.42 Å². The highest BCUT2D eigenvalue weighted by Gasteiger charge is 2.26. The van der Waals surface area contributed by atoms with Gasteiger partial charge < -0.3 is 20.1 Å². The van der Waals surface area contributed by atoms with Gasteiger partial charge in [-0.15, -0.1) is 0 Å². The van der Waals surface area contributed by atoms with Crippen LogP contribution in [0.25, 0.3) is 0 Å². The summed E-state index contributed by atoms with van der Waals surface area (Å²) in [4.78, 5) is 35.0. The van der Waals surface area contributed by atoms with Crippen LogP contribution in [0.15, 0.2) is 24.3 Å². The van der Waals surface area contributed by atoms with E-state index in [4.69, 9.17) is 24.3 Å². The number of esters is 2. The Balaban J connectivity index is 4.05. The zero-order valence-electron chi connectivity index (χ0n) is 38.5. The molecular formula is C49H94NO8P. The van der Waals surface area contributed by atoms with Crippen LogP contribution in [0.3, 0.4) is 0 Å². The summed E-state index contributed by atoms with van der Waals surface area (Å²) in [6.07, 6.45) is 50.7. The fourth-order valence-corrected chi connectivity index (χ4v) is 7.86. The van der Waals surface area contributed by atoms with E-state index in [9.17, 15) is 19.0 Å². The van der Waals surface area contributed by atoms with E-state index >= 15 is 0 Å². The van der Waals surface area contributed by atoms with Crippen molar-refractivity contribution in [2.75, 3.05) is 26.4 Å². The van der Waals surface area contributed by atoms with E-state index < -0.39 is 26.5 Å². The van der Waals surface area contributed by atoms with Crippen molar-refractivity contribution in [2.24, 2.45) is 5.73 Å². The standard InChI is InChI=1S/C49H94NO8P/c1-3-5-7-9-11-13-15-17-19-21-22-23-24-26-28-30-32-34-36-38-40-42-49(52)58-47(46-57-59(53,54)56-44-43-50)45-55-48(51)41-39-37-35-33-31-29-27-25-20-18-16-14-12-10-8-6-4-2/h17-20,47H,3-16,21-46,50H2,1-2H3,(H,53,54). The lowest BCUT2D eigenvalue weighted by Crippen LogP contribution is -2.29. The topological polar surface area (TPSA) is 134 Å². The number of allylic oxidation sites excluding steroid dienone is 4. The highest BCUT2D eigenvalue weighted by Crippen LogP contribution is 2.43. The van der Waals surface area contributed by atoms with Gasteiger partial charge in [-0.25, -0.2) is 4.57 Å². The highest BCUT2D eigenvalue weighted by molar-refractivity contribution is 7.47. The van der Waals surface area contributed by atoms with E-state index in [-0.39, 0.29) is 38.6 Å². The monoisotopic (exact) mass is 856 g/mol. The first-order valence-corrected chi connectivity index (χ1v) is 26.3. The van der Waals surface area contributed by atoms with Crippen LogP contribution in [-0.2, 0) is 32.7 Å². The Labute approximate surface area is 363 Å². The third kappa shape index (κ3) is 45.8. The summed E-state index contributed by atoms with van der Waals surface area (Å²) >= 11 is 0. The smallest absolute Gasteiger partial charge is 0.462 e. The molecule has 0 rings (SSSR count). The van der Waals surface area contributed by atoms with Gasteiger partial charge in [0.15, 0.2) is 6.10 Å². The van der Waals surface area contributed by atoms with Gasteiger partial charge >= 0.3 is 19.8 Å². The number of carbonyl (C=O) groups excluding carboxylic acids is 2. The molecule has 0 bridgehead atoms. The van der Waals surface area contributed by atoms with Gasteiger partial charge in [0.25, 0.3) is 0 Å². The maximum absolute atomic E-state index is 12.6. The number of unbranched alkanes of at least 4 members (excludes halogenated alkanes) is 30. The normalized spacial score (nSPS) is 13.4. The minimum atomic E-state index is -4.38. The van der Waals surface area contributed by atoms with Gasteiger partial charge in [-0.3, -0.25) is 18.6 Å². The number of phosphoric acid groups is 1. The van der Waals surface area contributed by atoms with Gasteiger partial charge in [0, 0.05) is 19.4 Å². The molecule has 2 unspecified atom stereocenters. The quantitative estimate of drug-likeness (QED) is 0.0265. The van der Waals surface area contributed by atoms with Crippen LogP contribution in [0.2, 0.25) is 0 Å². The van der Waals surface area contributed by atoms with Crippen LogP contribution in [0.5, 0.6) is 0 Å². The molecule has 0 aromatic rings. The lowest BCUT2D eigenvalue weighted by molar-refractivity contribution is -0.161. The molecule has 0 aliphatic carbocycles. The van der Waals surface area contributed by atoms with E-state index in [1.54, 1.807) is 0 Å². The van der Waals surface area contributed by atoms with Crippen molar-refractivity contribution in [3.8, 4) is 0 Å². The molecule has 0 amide bonds. The number of ether oxygens (including phenoxy) is 2. The van der Waals surface area contributed by atoms with Crippen molar-refractivity contribution < 1.29 is 37.6 Å². The Morgan fingerprint density at radius 3 is 1.20 bits per heavy atom. The molecule has 348 valence electrons. The third-order valence-corrected chi connectivity index (χ3v) is 11.8. The Hall–Kier alpha value is -1.51. The van der Waals surface area contributed by atoms with Gasteiger partial charge in [-0.05, 0) is 64.2 Å². The van der Waals surface area contributed by atoms with Crippen LogP contribution in [0, 0.1) is 0 Å². The molecule has 0 saturated carbocycles. The minimum absolute atomic E-state index is 0.0542. The molecule has 0 saturated heterocycles. The Morgan fingerprint density at radius 2 is 0.831 bits per heavy atom. The van der Waals surface area contributed by atoms with Gasteiger partial charge in [-0.1, -0.05) is 192 Å². The summed E-state index contributed by atoms with van der Waals surface area (Å²) in [7, 11) is -4.38. The molecule has 0 fully saturated rings. The van der Waals surface area contributed by atoms with E-state index in [2.05, 4.69) is 38.2 Å². The number of carbonyl (C=O) groups is 2. The molecule has 0 aliphatic rings. The minimum Gasteiger partial charge on any atom is -0.462 e. The molecule has 59 heavy (non-hydrogen) atoms. The zero-order chi connectivity index (χ0) is 43.2. The summed E-state index contributed by atoms with van der Waals surface area (Å²) in [6.45, 7) is 3.76. The van der Waals surface area contributed by atoms with Crippen molar-refractivity contribution >= 4 is 19.8 Å². The molecule has 0 aliphatic heterocycles. The van der Waals surface area contributed by atoms with Crippen LogP contribution < -0.4 is 5.73 Å². The van der Waals surface area contributed by atoms with Crippen LogP contribution in [0.1, 0.15) is 245 Å². The Morgan fingerprint density at radius 1 is 0.492 bits per heavy atom. The molecule has 0 radical (unpaired) electrons. The SMILES string of the molecule is CCCCCCCCC=CCCCCCCCCCCCCCC(=O)OC(COC(=O)CCCCCCCCCC=CCCCCCCCC)COP(=O)(O)OCCN. The predicted octanol–water partition coefficient (Wildman–Crippen LogP) is 14.7. The largest absolute Gasteiger partial charge is 0.472 e. The van der Waals surface area contributed by atoms with E-state index in [1.807, 2.05) is 0 Å². The molecule has 3 N–H and O–H groups in total. The van der Waals surface area contributed by atoms with Crippen molar-refractivity contribution in [1.82, 2.24) is 0 Å². The maximum Gasteiger partial charge on any atom is 0.472 e. The van der Waals surface area contributed by atoms with Crippen molar-refractivity contribution in [3.05, 3.63) is 24.3 Å². The molecule has 0 spiro atoms. The van der Waals surface area contributed by atoms with Gasteiger partial charge in [0.05, 0.1) is 13.2 Å². The van der Waals surface area contributed by atoms with Gasteiger partial charge in [0.1, 0.15) is 6.61 Å². The fraction of sp³-hybridized carbons (Fsp3) is 0.878. The van der Waals surface area contributed by atoms with Crippen LogP contribution >= 0.6 is 7.82 Å². The summed E-state index contributed by atoms with van der Waals surface area (Å²) in [5.74, 6) is -0.824. The lowest BCUT2D eigenvalue weighted by Gasteiger charge is -2.19. The number of hydrogen-bond acceptors (Lipinski definition) is 8. The first-order valence-electron chi connectivity index (χ1n) is 24.8. The Kier molecular flexibility index (Phi) is 44.8.